The lowest BCUT2D eigenvalue weighted by atomic mass is 10.1. The third kappa shape index (κ3) is 3.40. The van der Waals surface area contributed by atoms with E-state index in [2.05, 4.69) is 31.6 Å². The van der Waals surface area contributed by atoms with E-state index >= 15 is 0 Å². The van der Waals surface area contributed by atoms with Gasteiger partial charge in [-0.1, -0.05) is 6.07 Å². The highest BCUT2D eigenvalue weighted by Gasteiger charge is 2.19. The highest BCUT2D eigenvalue weighted by molar-refractivity contribution is 9.10. The molecule has 0 aromatic carbocycles. The van der Waals surface area contributed by atoms with Crippen LogP contribution in [0.25, 0.3) is 0 Å². The second-order valence-electron chi connectivity index (χ2n) is 4.37. The van der Waals surface area contributed by atoms with Crippen molar-refractivity contribution < 1.29 is 4.79 Å². The second kappa shape index (κ2) is 6.51. The molecule has 3 aromatic rings. The lowest BCUT2D eigenvalue weighted by Crippen LogP contribution is -2.28. The molecule has 6 heteroatoms. The van der Waals surface area contributed by atoms with Gasteiger partial charge < -0.3 is 5.32 Å². The minimum atomic E-state index is -0.131. The second-order valence-corrected chi connectivity index (χ2v) is 7.05. The van der Waals surface area contributed by atoms with Gasteiger partial charge >= 0.3 is 0 Å². The Balaban J connectivity index is 1.87. The largest absolute Gasteiger partial charge is 0.340 e. The van der Waals surface area contributed by atoms with Crippen LogP contribution in [0.3, 0.4) is 0 Å². The first kappa shape index (κ1) is 14.4. The van der Waals surface area contributed by atoms with Gasteiger partial charge in [0.2, 0.25) is 0 Å². The van der Waals surface area contributed by atoms with E-state index in [0.29, 0.717) is 5.56 Å². The summed E-state index contributed by atoms with van der Waals surface area (Å²) in [6, 6.07) is 7.71. The Morgan fingerprint density at radius 2 is 2.19 bits per heavy atom. The number of aromatic nitrogens is 1. The fourth-order valence-electron chi connectivity index (χ4n) is 1.96. The molecular weight excluding hydrogens is 368 g/mol. The van der Waals surface area contributed by atoms with Crippen LogP contribution in [0, 0.1) is 0 Å². The lowest BCUT2D eigenvalue weighted by molar-refractivity contribution is 0.0943. The van der Waals surface area contributed by atoms with Crippen LogP contribution in [-0.4, -0.2) is 10.9 Å². The predicted molar refractivity (Wildman–Crippen MR) is 89.9 cm³/mol. The van der Waals surface area contributed by atoms with Gasteiger partial charge in [-0.2, -0.15) is 11.3 Å². The van der Waals surface area contributed by atoms with Crippen LogP contribution in [0.15, 0.2) is 57.3 Å². The number of hydrogen-bond acceptors (Lipinski definition) is 4. The number of nitrogens with zero attached hydrogens (tertiary/aromatic N) is 1. The van der Waals surface area contributed by atoms with Crippen LogP contribution in [0.5, 0.6) is 0 Å². The summed E-state index contributed by atoms with van der Waals surface area (Å²) in [5.74, 6) is -0.131. The summed E-state index contributed by atoms with van der Waals surface area (Å²) < 4.78 is 0.790. The zero-order valence-electron chi connectivity index (χ0n) is 10.8. The number of rotatable bonds is 4. The van der Waals surface area contributed by atoms with Gasteiger partial charge in [-0.05, 0) is 55.8 Å². The quantitative estimate of drug-likeness (QED) is 0.726. The van der Waals surface area contributed by atoms with Gasteiger partial charge in [-0.15, -0.1) is 11.3 Å². The summed E-state index contributed by atoms with van der Waals surface area (Å²) in [6.07, 6.45) is 3.23. The van der Waals surface area contributed by atoms with Gasteiger partial charge in [0, 0.05) is 21.7 Å². The summed E-state index contributed by atoms with van der Waals surface area (Å²) in [5.41, 5.74) is 1.64. The summed E-state index contributed by atoms with van der Waals surface area (Å²) in [7, 11) is 0. The smallest absolute Gasteiger partial charge is 0.253 e. The minimum Gasteiger partial charge on any atom is -0.340 e. The molecule has 0 aliphatic carbocycles. The lowest BCUT2D eigenvalue weighted by Gasteiger charge is -2.16. The number of carbonyl (C=O) groups excluding carboxylic acids is 1. The molecule has 0 saturated heterocycles. The molecule has 106 valence electrons. The molecule has 0 bridgehead atoms. The maximum Gasteiger partial charge on any atom is 0.253 e. The zero-order valence-corrected chi connectivity index (χ0v) is 14.0. The van der Waals surface area contributed by atoms with Gasteiger partial charge in [0.05, 0.1) is 11.6 Å². The number of hydrogen-bond donors (Lipinski definition) is 1. The predicted octanol–water partition coefficient (Wildman–Crippen LogP) is 4.49. The van der Waals surface area contributed by atoms with Gasteiger partial charge in [0.25, 0.3) is 5.91 Å². The maximum absolute atomic E-state index is 12.4. The molecule has 21 heavy (non-hydrogen) atoms. The topological polar surface area (TPSA) is 42.0 Å². The van der Waals surface area contributed by atoms with E-state index in [0.717, 1.165) is 14.9 Å². The van der Waals surface area contributed by atoms with E-state index < -0.39 is 0 Å². The van der Waals surface area contributed by atoms with Gasteiger partial charge in [-0.25, -0.2) is 0 Å². The molecule has 0 aliphatic rings. The van der Waals surface area contributed by atoms with Crippen LogP contribution in [-0.2, 0) is 0 Å². The number of nitrogens with one attached hydrogen (secondary N) is 1. The monoisotopic (exact) mass is 378 g/mol. The third-order valence-electron chi connectivity index (χ3n) is 2.95. The molecular formula is C15H11BrN2OS2. The molecule has 0 radical (unpaired) electrons. The number of halogens is 1. The Morgan fingerprint density at radius 3 is 2.86 bits per heavy atom. The molecule has 3 nitrogen and oxygen atoms in total. The third-order valence-corrected chi connectivity index (χ3v) is 5.02. The van der Waals surface area contributed by atoms with Crippen molar-refractivity contribution in [1.82, 2.24) is 10.3 Å². The molecule has 3 heterocycles. The average molecular weight is 379 g/mol. The summed E-state index contributed by atoms with van der Waals surface area (Å²) in [4.78, 5) is 17.6. The standard InChI is InChI=1S/C15H11BrN2OS2/c16-12-6-11(7-17-8-12)15(19)18-14(10-3-5-20-9-10)13-2-1-4-21-13/h1-9,14H,(H,18,19). The first-order chi connectivity index (χ1) is 10.2. The number of thiophene rings is 2. The van der Waals surface area contributed by atoms with Crippen LogP contribution >= 0.6 is 38.6 Å². The zero-order chi connectivity index (χ0) is 14.7. The van der Waals surface area contributed by atoms with E-state index in [1.54, 1.807) is 41.1 Å². The Kier molecular flexibility index (Phi) is 4.48. The normalized spacial score (nSPS) is 12.0. The van der Waals surface area contributed by atoms with E-state index in [1.807, 2.05) is 29.0 Å². The van der Waals surface area contributed by atoms with Crippen molar-refractivity contribution in [3.8, 4) is 0 Å². The van der Waals surface area contributed by atoms with Crippen molar-refractivity contribution in [2.75, 3.05) is 0 Å². The molecule has 0 aliphatic heterocycles. The van der Waals surface area contributed by atoms with Crippen molar-refractivity contribution in [3.05, 3.63) is 73.3 Å². The van der Waals surface area contributed by atoms with E-state index in [4.69, 9.17) is 0 Å². The summed E-state index contributed by atoms with van der Waals surface area (Å²) in [5, 5.41) is 9.17. The fourth-order valence-corrected chi connectivity index (χ4v) is 3.82. The Hall–Kier alpha value is -1.50. The minimum absolute atomic E-state index is 0.122. The number of amides is 1. The van der Waals surface area contributed by atoms with Crippen LogP contribution < -0.4 is 5.32 Å². The number of carbonyl (C=O) groups is 1. The molecule has 1 unspecified atom stereocenters. The summed E-state index contributed by atoms with van der Waals surface area (Å²) in [6.45, 7) is 0. The van der Waals surface area contributed by atoms with Gasteiger partial charge in [0.15, 0.2) is 0 Å². The van der Waals surface area contributed by atoms with Crippen molar-refractivity contribution in [3.63, 3.8) is 0 Å². The molecule has 1 amide bonds. The fraction of sp³-hybridized carbons (Fsp3) is 0.0667. The maximum atomic E-state index is 12.4. The Bertz CT molecular complexity index is 692. The van der Waals surface area contributed by atoms with Crippen LogP contribution in [0.4, 0.5) is 0 Å². The van der Waals surface area contributed by atoms with Crippen LogP contribution in [0.1, 0.15) is 26.8 Å². The highest BCUT2D eigenvalue weighted by atomic mass is 79.9. The molecule has 0 fully saturated rings. The van der Waals surface area contributed by atoms with E-state index in [1.165, 1.54) is 0 Å². The van der Waals surface area contributed by atoms with Crippen molar-refractivity contribution >= 4 is 44.5 Å². The summed E-state index contributed by atoms with van der Waals surface area (Å²) >= 11 is 6.59. The molecule has 1 N–H and O–H groups in total. The van der Waals surface area contributed by atoms with Gasteiger partial charge in [0.1, 0.15) is 0 Å². The Labute approximate surface area is 138 Å². The van der Waals surface area contributed by atoms with Gasteiger partial charge in [-0.3, -0.25) is 9.78 Å². The molecule has 3 aromatic heterocycles. The Morgan fingerprint density at radius 1 is 1.29 bits per heavy atom. The van der Waals surface area contributed by atoms with Crippen molar-refractivity contribution in [2.24, 2.45) is 0 Å². The van der Waals surface area contributed by atoms with Crippen molar-refractivity contribution in [2.45, 2.75) is 6.04 Å². The first-order valence-corrected chi connectivity index (χ1v) is 8.82. The molecule has 1 atom stereocenters. The van der Waals surface area contributed by atoms with Crippen LogP contribution in [0.2, 0.25) is 0 Å². The van der Waals surface area contributed by atoms with E-state index in [-0.39, 0.29) is 11.9 Å². The number of pyridine rings is 1. The van der Waals surface area contributed by atoms with Crippen molar-refractivity contribution in [1.29, 1.82) is 0 Å². The molecule has 3 rings (SSSR count). The molecule has 0 spiro atoms. The average Bonchev–Trinajstić information content (AvgIpc) is 3.18. The molecule has 0 saturated carbocycles. The van der Waals surface area contributed by atoms with E-state index in [9.17, 15) is 4.79 Å². The first-order valence-electron chi connectivity index (χ1n) is 6.21. The highest BCUT2D eigenvalue weighted by Crippen LogP contribution is 2.28. The SMILES string of the molecule is O=C(NC(c1ccsc1)c1cccs1)c1cncc(Br)c1.